The number of furan rings is 3. The number of nitrogens with zero attached hydrogens (tertiary/aromatic N) is 13. The lowest BCUT2D eigenvalue weighted by molar-refractivity contribution is -0.659. The Morgan fingerprint density at radius 1 is 0.273 bits per heavy atom. The number of aromatic nitrogens is 13. The molecule has 16 heteroatoms. The summed E-state index contributed by atoms with van der Waals surface area (Å²) in [5.41, 5.74) is 36.0. The number of fused-ring (bicyclic) bond motifs is 12. The highest BCUT2D eigenvalue weighted by molar-refractivity contribution is 6.12. The molecule has 0 atom stereocenters. The van der Waals surface area contributed by atoms with Crippen molar-refractivity contribution in [3.8, 4) is 79.7 Å². The highest BCUT2D eigenvalue weighted by Crippen LogP contribution is 2.44. The fourth-order valence-corrected chi connectivity index (χ4v) is 20.8. The van der Waals surface area contributed by atoms with Crippen molar-refractivity contribution < 1.29 is 40.7 Å². The van der Waals surface area contributed by atoms with Crippen LogP contribution in [0.2, 0.25) is 0 Å². The molecule has 0 unspecified atom stereocenters. The van der Waals surface area contributed by atoms with Crippen LogP contribution in [0.15, 0.2) is 336 Å². The summed E-state index contributed by atoms with van der Waals surface area (Å²) in [5, 5.41) is 6.85. The molecule has 0 N–H and O–H groups in total. The van der Waals surface area contributed by atoms with Crippen molar-refractivity contribution in [1.82, 2.24) is 32.4 Å². The molecule has 0 aliphatic rings. The Hall–Kier alpha value is -15.6. The summed E-state index contributed by atoms with van der Waals surface area (Å²) in [6.45, 7) is 31.2. The Labute approximate surface area is 815 Å². The second-order valence-corrected chi connectivity index (χ2v) is 38.5. The lowest BCUT2D eigenvalue weighted by atomic mass is 9.92. The second kappa shape index (κ2) is 38.9. The van der Waals surface area contributed by atoms with Crippen molar-refractivity contribution in [2.45, 2.75) is 121 Å². The lowest BCUT2D eigenvalue weighted by Crippen LogP contribution is -2.30. The molecule has 10 heterocycles. The van der Waals surface area contributed by atoms with E-state index in [-0.39, 0.29) is 0 Å². The highest BCUT2D eigenvalue weighted by atomic mass is 16.3. The van der Waals surface area contributed by atoms with Gasteiger partial charge in [-0.2, -0.15) is 9.13 Å². The summed E-state index contributed by atoms with van der Waals surface area (Å²) in [6, 6.07) is 98.6. The summed E-state index contributed by atoms with van der Waals surface area (Å²) in [5.74, 6) is 8.98. The Balaban J connectivity index is 0.000000111. The molecule has 139 heavy (non-hydrogen) atoms. The number of hydrogen-bond acceptors (Lipinski definition) is 4. The van der Waals surface area contributed by atoms with E-state index < -0.39 is 0 Å². The molecule has 0 fully saturated rings. The lowest BCUT2D eigenvalue weighted by Gasteiger charge is -2.18. The summed E-state index contributed by atoms with van der Waals surface area (Å²) in [6.07, 6.45) is 14.4. The first-order valence-electron chi connectivity index (χ1n) is 48.5. The van der Waals surface area contributed by atoms with E-state index in [4.69, 9.17) is 13.3 Å². The van der Waals surface area contributed by atoms with Crippen LogP contribution in [0.4, 0.5) is 0 Å². The molecule has 0 spiro atoms. The SMILES string of the molecule is Cc1ccc2c(oc3ccccc32)c1-c1n(C)c2ccccc2[n+]1C.Cc1ccc2c(oc3ccccc32)c1-c1n(C)cc[n+]1C.Cc1ccc2c(oc3ncccc32)c1-c1n(C)cc[n+]1C.Cc1ccccc1-c1n(-c2c(C(C)C)cccc2C(C)C)c2ccccc2[n+]1C.Cc1ccccc1-c1n(-c2c(C(C)C)cccc2C(C)C)cc[n+]1C.Cc1ccccc1-c1n(C)c2ccccc2[n+]1C. The van der Waals surface area contributed by atoms with Crippen LogP contribution in [0.5, 0.6) is 0 Å². The standard InChI is InChI=1S/C27H31N2.C23H29N2.C22H19N2O.C18H17N2O.C17H16N3O.C16H17N2/c1-18(2)21-14-11-15-22(19(3)4)26(21)29-25-17-10-9-16-24(25)28(6)27(29)23-13-8-7-12-20(23)5;1-16(2)19-12-9-13-20(17(3)4)22(19)25-15-14-24(6)23(25)21-11-8-7-10-18(21)5;1-14-12-13-16-15-8-4-7-11-19(15)25-21(16)20(14)22-23(2)17-9-5-6-10-18(17)24(22)3;1-12-8-9-14-13-6-4-5-7-15(13)21-17(14)16(12)18-19(2)10-11-20(18)3;1-11-6-7-12-13-5-4-8-18-16(13)21-15(12)14(11)17-19(2)9-10-20(17)3;1-12-8-4-5-9-13(12)16-17(2)14-10-6-7-11-15(14)18(16)3/h7-19H,1-6H3;7-17H,1-6H3;4-13H,1-3H3;4-11H,1-3H3;4-10H,1-3H3;4-11H,1-3H3/q6*+1. The van der Waals surface area contributed by atoms with Crippen molar-refractivity contribution >= 4 is 99.0 Å². The third-order valence-electron chi connectivity index (χ3n) is 28.0. The Kier molecular flexibility index (Phi) is 26.3. The van der Waals surface area contributed by atoms with Gasteiger partial charge in [-0.15, -0.1) is 0 Å². The van der Waals surface area contributed by atoms with Gasteiger partial charge in [0.25, 0.3) is 34.9 Å². The molecule has 698 valence electrons. The zero-order valence-corrected chi connectivity index (χ0v) is 84.9. The average Bonchev–Trinajstić information content (AvgIpc) is 1.58. The molecule has 13 aromatic carbocycles. The van der Waals surface area contributed by atoms with E-state index >= 15 is 0 Å². The molecule has 0 aliphatic carbocycles. The van der Waals surface area contributed by atoms with Crippen LogP contribution < -0.4 is 27.4 Å². The molecule has 0 saturated carbocycles. The molecule has 10 aromatic heterocycles. The number of pyridine rings is 1. The number of benzene rings is 13. The summed E-state index contributed by atoms with van der Waals surface area (Å²) < 4.78 is 45.5. The van der Waals surface area contributed by atoms with Crippen molar-refractivity contribution in [1.29, 1.82) is 0 Å². The molecule has 23 aromatic rings. The maximum Gasteiger partial charge on any atom is 0.295 e. The van der Waals surface area contributed by atoms with Crippen molar-refractivity contribution in [2.24, 2.45) is 70.5 Å². The first-order valence-corrected chi connectivity index (χ1v) is 48.5. The summed E-state index contributed by atoms with van der Waals surface area (Å²) in [7, 11) is 21.1. The fourth-order valence-electron chi connectivity index (χ4n) is 20.8. The average molecular weight is 1840 g/mol. The van der Waals surface area contributed by atoms with E-state index in [0.717, 1.165) is 67.3 Å². The van der Waals surface area contributed by atoms with Gasteiger partial charge in [-0.1, -0.05) is 256 Å². The van der Waals surface area contributed by atoms with E-state index in [2.05, 4.69) is 513 Å². The van der Waals surface area contributed by atoms with Gasteiger partial charge >= 0.3 is 0 Å². The minimum atomic E-state index is 0.444. The van der Waals surface area contributed by atoms with Gasteiger partial charge in [0.2, 0.25) is 5.71 Å². The molecule has 23 rings (SSSR count). The van der Waals surface area contributed by atoms with Crippen LogP contribution in [0.25, 0.3) is 179 Å². The van der Waals surface area contributed by atoms with E-state index in [1.54, 1.807) is 6.20 Å². The quantitative estimate of drug-likeness (QED) is 0.114. The Bertz CT molecular complexity index is 8230. The largest absolute Gasteiger partial charge is 0.455 e. The van der Waals surface area contributed by atoms with Crippen LogP contribution in [0.3, 0.4) is 0 Å². The van der Waals surface area contributed by atoms with E-state index in [0.29, 0.717) is 29.4 Å². The van der Waals surface area contributed by atoms with Gasteiger partial charge in [-0.05, 0) is 177 Å². The van der Waals surface area contributed by atoms with Crippen LogP contribution in [-0.4, -0.2) is 32.4 Å². The van der Waals surface area contributed by atoms with Crippen LogP contribution in [-0.2, 0) is 70.5 Å². The van der Waals surface area contributed by atoms with Crippen molar-refractivity contribution in [3.63, 3.8) is 0 Å². The van der Waals surface area contributed by atoms with Gasteiger partial charge in [0.15, 0.2) is 49.8 Å². The molecule has 0 radical (unpaired) electrons. The third kappa shape index (κ3) is 17.2. The topological polar surface area (TPSA) is 105 Å². The minimum absolute atomic E-state index is 0.444. The van der Waals surface area contributed by atoms with Gasteiger partial charge < -0.3 is 13.3 Å². The maximum atomic E-state index is 6.30. The first-order chi connectivity index (χ1) is 67.0. The van der Waals surface area contributed by atoms with Crippen molar-refractivity contribution in [3.05, 3.63) is 378 Å². The number of aryl methyl sites for hydroxylation is 16. The van der Waals surface area contributed by atoms with E-state index in [1.807, 2.05) is 30.3 Å². The van der Waals surface area contributed by atoms with Gasteiger partial charge in [-0.25, -0.2) is 50.7 Å². The van der Waals surface area contributed by atoms with Crippen LogP contribution in [0, 0.1) is 41.5 Å². The molecule has 0 aliphatic heterocycles. The highest BCUT2D eigenvalue weighted by Gasteiger charge is 2.35. The smallest absolute Gasteiger partial charge is 0.295 e. The summed E-state index contributed by atoms with van der Waals surface area (Å²) in [4.78, 5) is 4.34. The molecule has 0 saturated heterocycles. The zero-order valence-electron chi connectivity index (χ0n) is 84.9. The number of para-hydroxylation sites is 10. The molecular formula is C123H129N13O3+6. The van der Waals surface area contributed by atoms with Gasteiger partial charge in [0.05, 0.1) is 87.2 Å². The molecule has 0 amide bonds. The predicted octanol–water partition coefficient (Wildman–Crippen LogP) is 26.9. The van der Waals surface area contributed by atoms with Gasteiger partial charge in [0.1, 0.15) is 76.4 Å². The fraction of sp³-hybridized carbons (Fsp3) is 0.228. The van der Waals surface area contributed by atoms with E-state index in [9.17, 15) is 0 Å². The zero-order chi connectivity index (χ0) is 97.8. The molecule has 16 nitrogen and oxygen atoms in total. The number of imidazole rings is 6. The van der Waals surface area contributed by atoms with Crippen molar-refractivity contribution in [2.75, 3.05) is 0 Å². The molecular weight excluding hydrogens is 1710 g/mol. The normalized spacial score (nSPS) is 11.6. The first kappa shape index (κ1) is 93.8. The Morgan fingerprint density at radius 3 is 1.05 bits per heavy atom. The predicted molar refractivity (Wildman–Crippen MR) is 570 cm³/mol. The second-order valence-electron chi connectivity index (χ2n) is 38.5. The van der Waals surface area contributed by atoms with Crippen LogP contribution in [0.1, 0.15) is 135 Å². The molecule has 0 bridgehead atoms. The number of hydrogen-bond donors (Lipinski definition) is 0. The maximum absolute atomic E-state index is 6.30. The summed E-state index contributed by atoms with van der Waals surface area (Å²) >= 11 is 0. The van der Waals surface area contributed by atoms with Gasteiger partial charge in [0, 0.05) is 60.8 Å². The van der Waals surface area contributed by atoms with E-state index in [1.165, 1.54) is 161 Å². The minimum Gasteiger partial charge on any atom is -0.455 e. The van der Waals surface area contributed by atoms with Gasteiger partial charge in [-0.3, -0.25) is 0 Å². The third-order valence-corrected chi connectivity index (χ3v) is 28.0. The monoisotopic (exact) mass is 1840 g/mol. The van der Waals surface area contributed by atoms with Crippen LogP contribution >= 0.6 is 0 Å². The Morgan fingerprint density at radius 2 is 0.612 bits per heavy atom. The number of rotatable bonds is 12.